The molecule has 1 rings (SSSR count). The van der Waals surface area contributed by atoms with Gasteiger partial charge in [0.1, 0.15) is 4.99 Å². The number of ether oxygens (including phenoxy) is 2. The van der Waals surface area contributed by atoms with Crippen LogP contribution in [0.1, 0.15) is 5.69 Å². The lowest BCUT2D eigenvalue weighted by Gasteiger charge is -2.16. The number of methoxy groups -OCH3 is 2. The van der Waals surface area contributed by atoms with Gasteiger partial charge in [0.25, 0.3) is 0 Å². The van der Waals surface area contributed by atoms with E-state index in [0.29, 0.717) is 18.8 Å². The number of aromatic nitrogens is 1. The average Bonchev–Trinajstić information content (AvgIpc) is 2.34. The van der Waals surface area contributed by atoms with Gasteiger partial charge in [-0.2, -0.15) is 0 Å². The van der Waals surface area contributed by atoms with Crippen LogP contribution in [0.4, 0.5) is 5.69 Å². The van der Waals surface area contributed by atoms with Crippen LogP contribution in [0.3, 0.4) is 0 Å². The second-order valence-corrected chi connectivity index (χ2v) is 3.93. The highest BCUT2D eigenvalue weighted by Gasteiger charge is 2.06. The van der Waals surface area contributed by atoms with Crippen molar-refractivity contribution in [3.63, 3.8) is 0 Å². The fourth-order valence-electron chi connectivity index (χ4n) is 1.30. The lowest BCUT2D eigenvalue weighted by molar-refractivity contribution is 0.0365. The minimum Gasteiger partial charge on any atom is -0.388 e. The summed E-state index contributed by atoms with van der Waals surface area (Å²) < 4.78 is 10.3. The number of nitrogens with two attached hydrogens (primary N) is 1. The molecule has 1 aromatic heterocycles. The molecular weight excluding hydrogens is 238 g/mol. The summed E-state index contributed by atoms with van der Waals surface area (Å²) in [5.41, 5.74) is 7.02. The number of nitrogens with zero attached hydrogens (tertiary/aromatic N) is 1. The first kappa shape index (κ1) is 13.8. The van der Waals surface area contributed by atoms with Crippen LogP contribution in [0.15, 0.2) is 18.3 Å². The van der Waals surface area contributed by atoms with Crippen molar-refractivity contribution < 1.29 is 9.47 Å². The molecule has 0 radical (unpaired) electrons. The van der Waals surface area contributed by atoms with Crippen molar-refractivity contribution in [1.29, 1.82) is 0 Å². The summed E-state index contributed by atoms with van der Waals surface area (Å²) >= 11 is 4.86. The number of anilines is 1. The van der Waals surface area contributed by atoms with Crippen molar-refractivity contribution in [1.82, 2.24) is 4.98 Å². The normalized spacial score (nSPS) is 12.1. The third-order valence-corrected chi connectivity index (χ3v) is 2.44. The van der Waals surface area contributed by atoms with E-state index in [4.69, 9.17) is 27.4 Å². The Kier molecular flexibility index (Phi) is 5.82. The number of thiocarbonyl (C=S) groups is 1. The molecule has 0 spiro atoms. The molecule has 0 fully saturated rings. The van der Waals surface area contributed by atoms with Gasteiger partial charge in [0.05, 0.1) is 18.4 Å². The second kappa shape index (κ2) is 7.16. The van der Waals surface area contributed by atoms with E-state index in [9.17, 15) is 0 Å². The fourth-order valence-corrected chi connectivity index (χ4v) is 1.41. The van der Waals surface area contributed by atoms with Gasteiger partial charge in [-0.15, -0.1) is 0 Å². The summed E-state index contributed by atoms with van der Waals surface area (Å²) in [4.78, 5) is 4.35. The molecule has 5 nitrogen and oxygen atoms in total. The highest BCUT2D eigenvalue weighted by atomic mass is 32.1. The molecule has 3 N–H and O–H groups in total. The minimum absolute atomic E-state index is 0.00134. The van der Waals surface area contributed by atoms with Crippen LogP contribution in [0.25, 0.3) is 0 Å². The Morgan fingerprint density at radius 3 is 2.94 bits per heavy atom. The Bertz CT molecular complexity index is 373. The smallest absolute Gasteiger partial charge is 0.122 e. The largest absolute Gasteiger partial charge is 0.388 e. The monoisotopic (exact) mass is 255 g/mol. The average molecular weight is 255 g/mol. The highest BCUT2D eigenvalue weighted by molar-refractivity contribution is 7.80. The molecule has 0 saturated carbocycles. The Balaban J connectivity index is 2.56. The number of rotatable bonds is 7. The molecular formula is C11H17N3O2S. The first-order chi connectivity index (χ1) is 8.17. The summed E-state index contributed by atoms with van der Waals surface area (Å²) in [6.07, 6.45) is 1.66. The van der Waals surface area contributed by atoms with Crippen molar-refractivity contribution >= 4 is 22.9 Å². The van der Waals surface area contributed by atoms with Gasteiger partial charge < -0.3 is 20.5 Å². The molecule has 0 bridgehead atoms. The Morgan fingerprint density at radius 2 is 2.35 bits per heavy atom. The third kappa shape index (κ3) is 4.64. The maximum absolute atomic E-state index is 5.51. The zero-order chi connectivity index (χ0) is 12.7. The Labute approximate surface area is 106 Å². The van der Waals surface area contributed by atoms with Crippen LogP contribution >= 0.6 is 12.2 Å². The molecule has 94 valence electrons. The topological polar surface area (TPSA) is 69.4 Å². The molecule has 1 heterocycles. The maximum Gasteiger partial charge on any atom is 0.122 e. The maximum atomic E-state index is 5.51. The summed E-state index contributed by atoms with van der Waals surface area (Å²) in [6.45, 7) is 1.18. The lowest BCUT2D eigenvalue weighted by Crippen LogP contribution is -2.26. The predicted octanol–water partition coefficient (Wildman–Crippen LogP) is 0.789. The molecule has 0 aliphatic heterocycles. The predicted molar refractivity (Wildman–Crippen MR) is 71.3 cm³/mol. The highest BCUT2D eigenvalue weighted by Crippen LogP contribution is 2.08. The summed E-state index contributed by atoms with van der Waals surface area (Å²) in [6, 6.07) is 3.66. The summed E-state index contributed by atoms with van der Waals surface area (Å²) in [7, 11) is 3.29. The van der Waals surface area contributed by atoms with Gasteiger partial charge in [0, 0.05) is 32.6 Å². The first-order valence-electron chi connectivity index (χ1n) is 5.18. The minimum atomic E-state index is 0.00134. The van der Waals surface area contributed by atoms with Crippen LogP contribution in [0.2, 0.25) is 0 Å². The van der Waals surface area contributed by atoms with Crippen molar-refractivity contribution in [2.75, 3.05) is 32.7 Å². The van der Waals surface area contributed by atoms with E-state index in [-0.39, 0.29) is 11.1 Å². The number of pyridine rings is 1. The molecule has 0 amide bonds. The van der Waals surface area contributed by atoms with Crippen molar-refractivity contribution in [2.45, 2.75) is 6.10 Å². The number of hydrogen-bond acceptors (Lipinski definition) is 5. The SMILES string of the molecule is COCC(CNc1ccnc(C(N)=S)c1)OC. The van der Waals surface area contributed by atoms with Gasteiger partial charge in [0.15, 0.2) is 0 Å². The van der Waals surface area contributed by atoms with Gasteiger partial charge in [-0.05, 0) is 12.1 Å². The van der Waals surface area contributed by atoms with Gasteiger partial charge in [0.2, 0.25) is 0 Å². The van der Waals surface area contributed by atoms with E-state index < -0.39 is 0 Å². The van der Waals surface area contributed by atoms with E-state index in [1.165, 1.54) is 0 Å². The molecule has 0 aliphatic rings. The van der Waals surface area contributed by atoms with Gasteiger partial charge in [-0.3, -0.25) is 4.98 Å². The molecule has 0 saturated heterocycles. The van der Waals surface area contributed by atoms with Crippen LogP contribution in [0, 0.1) is 0 Å². The summed E-state index contributed by atoms with van der Waals surface area (Å²) in [5, 5.41) is 3.22. The van der Waals surface area contributed by atoms with Gasteiger partial charge in [-0.25, -0.2) is 0 Å². The zero-order valence-electron chi connectivity index (χ0n) is 9.97. The molecule has 0 aromatic carbocycles. The lowest BCUT2D eigenvalue weighted by atomic mass is 10.3. The molecule has 6 heteroatoms. The van der Waals surface area contributed by atoms with E-state index in [0.717, 1.165) is 5.69 Å². The van der Waals surface area contributed by atoms with Gasteiger partial charge >= 0.3 is 0 Å². The third-order valence-electron chi connectivity index (χ3n) is 2.23. The molecule has 1 atom stereocenters. The molecule has 0 aliphatic carbocycles. The van der Waals surface area contributed by atoms with Gasteiger partial charge in [-0.1, -0.05) is 12.2 Å². The molecule has 1 unspecified atom stereocenters. The van der Waals surface area contributed by atoms with Crippen molar-refractivity contribution in [2.24, 2.45) is 5.73 Å². The zero-order valence-corrected chi connectivity index (χ0v) is 10.8. The number of hydrogen-bond donors (Lipinski definition) is 2. The number of nitrogens with one attached hydrogen (secondary N) is 1. The summed E-state index contributed by atoms with van der Waals surface area (Å²) in [5.74, 6) is 0. The Hall–Kier alpha value is -1.24. The van der Waals surface area contributed by atoms with Crippen molar-refractivity contribution in [3.05, 3.63) is 24.0 Å². The van der Waals surface area contributed by atoms with Crippen LogP contribution in [-0.2, 0) is 9.47 Å². The van der Waals surface area contributed by atoms with Crippen LogP contribution in [0.5, 0.6) is 0 Å². The quantitative estimate of drug-likeness (QED) is 0.702. The molecule has 17 heavy (non-hydrogen) atoms. The van der Waals surface area contributed by atoms with E-state index >= 15 is 0 Å². The van der Waals surface area contributed by atoms with Crippen molar-refractivity contribution in [3.8, 4) is 0 Å². The molecule has 1 aromatic rings. The first-order valence-corrected chi connectivity index (χ1v) is 5.59. The van der Waals surface area contributed by atoms with Crippen LogP contribution < -0.4 is 11.1 Å². The van der Waals surface area contributed by atoms with E-state index in [1.807, 2.05) is 12.1 Å². The standard InChI is InChI=1S/C11H17N3O2S/c1-15-7-9(16-2)6-14-8-3-4-13-10(5-8)11(12)17/h3-5,9H,6-7H2,1-2H3,(H2,12,17)(H,13,14). The van der Waals surface area contributed by atoms with E-state index in [2.05, 4.69) is 10.3 Å². The fraction of sp³-hybridized carbons (Fsp3) is 0.455. The van der Waals surface area contributed by atoms with Crippen LogP contribution in [-0.4, -0.2) is 43.4 Å². The second-order valence-electron chi connectivity index (χ2n) is 3.49. The Morgan fingerprint density at radius 1 is 1.59 bits per heavy atom. The van der Waals surface area contributed by atoms with E-state index in [1.54, 1.807) is 20.4 Å².